The molecule has 0 atom stereocenters. The highest BCUT2D eigenvalue weighted by Crippen LogP contribution is 2.36. The molecule has 3 heterocycles. The summed E-state index contributed by atoms with van der Waals surface area (Å²) in [7, 11) is 0. The van der Waals surface area contributed by atoms with Crippen molar-refractivity contribution in [1.82, 2.24) is 14.9 Å². The molecule has 0 spiro atoms. The highest BCUT2D eigenvalue weighted by molar-refractivity contribution is 6.31. The van der Waals surface area contributed by atoms with Gasteiger partial charge in [-0.1, -0.05) is 35.3 Å². The number of morpholine rings is 1. The zero-order valence-corrected chi connectivity index (χ0v) is 18.6. The number of H-pyrrole nitrogens is 1. The average Bonchev–Trinajstić information content (AvgIpc) is 3.16. The fraction of sp³-hybridized carbons (Fsp3) is 0.240. The summed E-state index contributed by atoms with van der Waals surface area (Å²) < 4.78 is 5.49. The van der Waals surface area contributed by atoms with Crippen LogP contribution in [0.25, 0.3) is 33.2 Å². The number of aromatic amines is 1. The minimum absolute atomic E-state index is 0.726. The van der Waals surface area contributed by atoms with Crippen LogP contribution in [0.5, 0.6) is 0 Å². The number of rotatable bonds is 5. The molecule has 2 aromatic carbocycles. The zero-order chi connectivity index (χ0) is 21.2. The van der Waals surface area contributed by atoms with Gasteiger partial charge in [-0.3, -0.25) is 9.88 Å². The molecule has 0 bridgehead atoms. The topological polar surface area (TPSA) is 41.2 Å². The number of benzene rings is 2. The molecule has 4 aromatic rings. The summed E-state index contributed by atoms with van der Waals surface area (Å²) in [6, 6.07) is 16.1. The Bertz CT molecular complexity index is 1200. The molecule has 1 aliphatic heterocycles. The predicted octanol–water partition coefficient (Wildman–Crippen LogP) is 6.08. The van der Waals surface area contributed by atoms with Gasteiger partial charge < -0.3 is 9.72 Å². The van der Waals surface area contributed by atoms with E-state index in [1.54, 1.807) is 0 Å². The van der Waals surface area contributed by atoms with Crippen LogP contribution in [0.2, 0.25) is 10.0 Å². The highest BCUT2D eigenvalue weighted by Gasteiger charge is 2.17. The lowest BCUT2D eigenvalue weighted by atomic mass is 9.98. The van der Waals surface area contributed by atoms with E-state index in [2.05, 4.69) is 27.0 Å². The molecule has 1 aliphatic rings. The summed E-state index contributed by atoms with van der Waals surface area (Å²) in [6.45, 7) is 4.57. The minimum Gasteiger partial charge on any atom is -0.379 e. The van der Waals surface area contributed by atoms with Gasteiger partial charge in [0.25, 0.3) is 0 Å². The van der Waals surface area contributed by atoms with E-state index in [0.29, 0.717) is 0 Å². The predicted molar refractivity (Wildman–Crippen MR) is 128 cm³/mol. The van der Waals surface area contributed by atoms with Gasteiger partial charge in [0.1, 0.15) is 0 Å². The van der Waals surface area contributed by atoms with Crippen molar-refractivity contribution in [3.63, 3.8) is 0 Å². The van der Waals surface area contributed by atoms with E-state index in [4.69, 9.17) is 27.9 Å². The Morgan fingerprint density at radius 2 is 1.61 bits per heavy atom. The third kappa shape index (κ3) is 4.48. The average molecular weight is 452 g/mol. The normalized spacial score (nSPS) is 14.9. The molecule has 0 unspecified atom stereocenters. The van der Waals surface area contributed by atoms with Crippen LogP contribution in [0.4, 0.5) is 0 Å². The molecule has 1 saturated heterocycles. The summed E-state index contributed by atoms with van der Waals surface area (Å²) in [6.07, 6.45) is 4.75. The van der Waals surface area contributed by atoms with Crippen LogP contribution >= 0.6 is 23.2 Å². The first-order valence-corrected chi connectivity index (χ1v) is 11.2. The summed E-state index contributed by atoms with van der Waals surface area (Å²) in [5.74, 6) is 0. The van der Waals surface area contributed by atoms with Crippen LogP contribution < -0.4 is 0 Å². The second-order valence-electron chi connectivity index (χ2n) is 7.84. The first-order valence-electron chi connectivity index (χ1n) is 10.5. The SMILES string of the molecule is Clc1ccc(-c2cncc(-c3c(CCN4CCOCC4)[nH]c4ccc(Cl)cc34)c2)cc1. The first-order chi connectivity index (χ1) is 15.2. The van der Waals surface area contributed by atoms with Crippen LogP contribution in [0.15, 0.2) is 60.9 Å². The van der Waals surface area contributed by atoms with E-state index in [1.165, 1.54) is 11.3 Å². The number of nitrogens with one attached hydrogen (secondary N) is 1. The second kappa shape index (κ2) is 9.01. The zero-order valence-electron chi connectivity index (χ0n) is 17.1. The van der Waals surface area contributed by atoms with E-state index in [0.717, 1.165) is 76.9 Å². The van der Waals surface area contributed by atoms with Crippen molar-refractivity contribution in [2.24, 2.45) is 0 Å². The van der Waals surface area contributed by atoms with Crippen molar-refractivity contribution in [2.45, 2.75) is 6.42 Å². The first kappa shape index (κ1) is 20.5. The Kier molecular flexibility index (Phi) is 5.97. The van der Waals surface area contributed by atoms with Crippen LogP contribution in [-0.4, -0.2) is 47.7 Å². The van der Waals surface area contributed by atoms with Crippen molar-refractivity contribution in [2.75, 3.05) is 32.8 Å². The summed E-state index contributed by atoms with van der Waals surface area (Å²) in [5.41, 5.74) is 6.70. The highest BCUT2D eigenvalue weighted by atomic mass is 35.5. The molecule has 0 aliphatic carbocycles. The molecular weight excluding hydrogens is 429 g/mol. The third-order valence-electron chi connectivity index (χ3n) is 5.82. The van der Waals surface area contributed by atoms with Crippen LogP contribution in [0, 0.1) is 0 Å². The van der Waals surface area contributed by atoms with Crippen molar-refractivity contribution in [3.8, 4) is 22.3 Å². The monoisotopic (exact) mass is 451 g/mol. The Balaban J connectivity index is 1.55. The maximum absolute atomic E-state index is 6.36. The van der Waals surface area contributed by atoms with Crippen LogP contribution in [0.3, 0.4) is 0 Å². The van der Waals surface area contributed by atoms with Crippen LogP contribution in [-0.2, 0) is 11.2 Å². The molecule has 2 aromatic heterocycles. The lowest BCUT2D eigenvalue weighted by Gasteiger charge is -2.26. The number of halogens is 2. The third-order valence-corrected chi connectivity index (χ3v) is 6.31. The molecule has 1 fully saturated rings. The number of pyridine rings is 1. The maximum atomic E-state index is 6.36. The lowest BCUT2D eigenvalue weighted by molar-refractivity contribution is 0.0384. The molecule has 31 heavy (non-hydrogen) atoms. The van der Waals surface area contributed by atoms with Gasteiger partial charge in [0.05, 0.1) is 13.2 Å². The minimum atomic E-state index is 0.726. The van der Waals surface area contributed by atoms with Crippen molar-refractivity contribution < 1.29 is 4.74 Å². The fourth-order valence-electron chi connectivity index (χ4n) is 4.21. The van der Waals surface area contributed by atoms with E-state index in [1.807, 2.05) is 48.8 Å². The Hall–Kier alpha value is -2.37. The van der Waals surface area contributed by atoms with Crippen molar-refractivity contribution >= 4 is 34.1 Å². The standard InChI is InChI=1S/C25H23Cl2N3O/c26-20-3-1-17(2-4-20)18-13-19(16-28-15-18)25-22-14-21(27)5-6-23(22)29-24(25)7-8-30-9-11-31-12-10-30/h1-6,13-16,29H,7-12H2. The molecule has 0 saturated carbocycles. The summed E-state index contributed by atoms with van der Waals surface area (Å²) in [4.78, 5) is 10.6. The lowest BCUT2D eigenvalue weighted by Crippen LogP contribution is -2.37. The number of fused-ring (bicyclic) bond motifs is 1. The molecular formula is C25H23Cl2N3O. The van der Waals surface area contributed by atoms with Crippen molar-refractivity contribution in [1.29, 1.82) is 0 Å². The number of aromatic nitrogens is 2. The quantitative estimate of drug-likeness (QED) is 0.399. The van der Waals surface area contributed by atoms with Gasteiger partial charge in [-0.05, 0) is 42.0 Å². The Labute approximate surface area is 191 Å². The number of hydrogen-bond acceptors (Lipinski definition) is 3. The molecule has 4 nitrogen and oxygen atoms in total. The van der Waals surface area contributed by atoms with Gasteiger partial charge in [-0.15, -0.1) is 0 Å². The Morgan fingerprint density at radius 3 is 2.42 bits per heavy atom. The largest absolute Gasteiger partial charge is 0.379 e. The molecule has 5 rings (SSSR count). The number of nitrogens with zero attached hydrogens (tertiary/aromatic N) is 2. The molecule has 1 N–H and O–H groups in total. The molecule has 6 heteroatoms. The van der Waals surface area contributed by atoms with E-state index >= 15 is 0 Å². The summed E-state index contributed by atoms with van der Waals surface area (Å²) >= 11 is 12.4. The van der Waals surface area contributed by atoms with Gasteiger partial charge in [-0.2, -0.15) is 0 Å². The van der Waals surface area contributed by atoms with Crippen molar-refractivity contribution in [3.05, 3.63) is 76.7 Å². The number of ether oxygens (including phenoxy) is 1. The Morgan fingerprint density at radius 1 is 0.871 bits per heavy atom. The van der Waals surface area contributed by atoms with Gasteiger partial charge in [0.2, 0.25) is 0 Å². The van der Waals surface area contributed by atoms with E-state index < -0.39 is 0 Å². The van der Waals surface area contributed by atoms with E-state index in [-0.39, 0.29) is 0 Å². The van der Waals surface area contributed by atoms with E-state index in [9.17, 15) is 0 Å². The molecule has 0 amide bonds. The van der Waals surface area contributed by atoms with Gasteiger partial charge in [-0.25, -0.2) is 0 Å². The second-order valence-corrected chi connectivity index (χ2v) is 8.71. The van der Waals surface area contributed by atoms with Gasteiger partial charge in [0.15, 0.2) is 0 Å². The van der Waals surface area contributed by atoms with Gasteiger partial charge in [0, 0.05) is 81.8 Å². The molecule has 0 radical (unpaired) electrons. The fourth-order valence-corrected chi connectivity index (χ4v) is 4.51. The molecule has 158 valence electrons. The smallest absolute Gasteiger partial charge is 0.0594 e. The maximum Gasteiger partial charge on any atom is 0.0594 e. The van der Waals surface area contributed by atoms with Gasteiger partial charge >= 0.3 is 0 Å². The number of hydrogen-bond donors (Lipinski definition) is 1. The summed E-state index contributed by atoms with van der Waals surface area (Å²) in [5, 5.41) is 2.58. The van der Waals surface area contributed by atoms with Crippen LogP contribution in [0.1, 0.15) is 5.69 Å².